The predicted octanol–water partition coefficient (Wildman–Crippen LogP) is 1.65. The Hall–Kier alpha value is -2.68. The molecule has 1 atom stereocenters. The number of nitriles is 1. The summed E-state index contributed by atoms with van der Waals surface area (Å²) in [6.07, 6.45) is 3.16. The Balaban J connectivity index is 2.21. The van der Waals surface area contributed by atoms with Crippen molar-refractivity contribution in [2.24, 2.45) is 7.05 Å². The molecule has 0 aliphatic heterocycles. The van der Waals surface area contributed by atoms with Gasteiger partial charge in [0.05, 0.1) is 11.1 Å². The lowest BCUT2D eigenvalue weighted by molar-refractivity contribution is 0.522. The van der Waals surface area contributed by atoms with E-state index in [0.717, 1.165) is 16.9 Å². The molecule has 0 saturated heterocycles. The quantitative estimate of drug-likeness (QED) is 0.695. The molecule has 3 rings (SSSR count). The fourth-order valence-corrected chi connectivity index (χ4v) is 2.23. The van der Waals surface area contributed by atoms with Crippen LogP contribution >= 0.6 is 0 Å². The van der Waals surface area contributed by atoms with E-state index in [-0.39, 0.29) is 6.04 Å². The normalized spacial score (nSPS) is 12.5. The third-order valence-electron chi connectivity index (χ3n) is 3.27. The highest BCUT2D eigenvalue weighted by molar-refractivity contribution is 5.82. The monoisotopic (exact) mass is 252 g/mol. The first-order valence-corrected chi connectivity index (χ1v) is 5.92. The van der Waals surface area contributed by atoms with Crippen LogP contribution in [0.1, 0.15) is 24.4 Å². The van der Waals surface area contributed by atoms with Gasteiger partial charge < -0.3 is 4.57 Å². The van der Waals surface area contributed by atoms with Crippen LogP contribution in [0.3, 0.4) is 0 Å². The van der Waals surface area contributed by atoms with Crippen molar-refractivity contribution in [3.8, 4) is 6.07 Å². The fraction of sp³-hybridized carbons (Fsp3) is 0.231. The minimum atomic E-state index is -0.0357. The van der Waals surface area contributed by atoms with Crippen LogP contribution in [-0.2, 0) is 7.05 Å². The Morgan fingerprint density at radius 2 is 2.21 bits per heavy atom. The molecule has 2 heterocycles. The van der Waals surface area contributed by atoms with E-state index < -0.39 is 0 Å². The highest BCUT2D eigenvalue weighted by atomic mass is 15.3. The number of benzene rings is 1. The topological polar surface area (TPSA) is 72.3 Å². The maximum Gasteiger partial charge on any atom is 0.137 e. The fourth-order valence-electron chi connectivity index (χ4n) is 2.23. The first kappa shape index (κ1) is 11.4. The molecule has 0 aliphatic carbocycles. The Labute approximate surface area is 109 Å². The van der Waals surface area contributed by atoms with Gasteiger partial charge in [-0.15, -0.1) is 0 Å². The molecule has 0 saturated carbocycles. The van der Waals surface area contributed by atoms with Crippen LogP contribution < -0.4 is 0 Å². The van der Waals surface area contributed by atoms with Crippen LogP contribution in [0.2, 0.25) is 0 Å². The molecule has 0 amide bonds. The van der Waals surface area contributed by atoms with Gasteiger partial charge in [0, 0.05) is 7.05 Å². The zero-order valence-electron chi connectivity index (χ0n) is 10.6. The van der Waals surface area contributed by atoms with Crippen molar-refractivity contribution < 1.29 is 0 Å². The maximum absolute atomic E-state index is 9.13. The van der Waals surface area contributed by atoms with Crippen molar-refractivity contribution in [1.29, 1.82) is 5.26 Å². The second-order valence-electron chi connectivity index (χ2n) is 4.37. The van der Waals surface area contributed by atoms with Gasteiger partial charge in [0.15, 0.2) is 0 Å². The SMILES string of the molecule is CC(c1nc2c(C#N)cccc2n1C)n1cncn1. The molecule has 3 aromatic rings. The standard InChI is InChI=1S/C13H12N6/c1-9(19-8-15-7-16-19)13-17-12-10(6-14)4-3-5-11(12)18(13)2/h3-5,7-9H,1-2H3. The molecule has 0 aliphatic rings. The smallest absolute Gasteiger partial charge is 0.137 e. The van der Waals surface area contributed by atoms with Crippen molar-refractivity contribution in [3.05, 3.63) is 42.2 Å². The lowest BCUT2D eigenvalue weighted by atomic mass is 10.2. The third-order valence-corrected chi connectivity index (χ3v) is 3.27. The minimum absolute atomic E-state index is 0.0357. The summed E-state index contributed by atoms with van der Waals surface area (Å²) in [6, 6.07) is 7.74. The molecule has 0 spiro atoms. The lowest BCUT2D eigenvalue weighted by Crippen LogP contribution is -2.12. The van der Waals surface area contributed by atoms with Crippen LogP contribution in [0.15, 0.2) is 30.9 Å². The van der Waals surface area contributed by atoms with E-state index in [9.17, 15) is 0 Å². The Kier molecular flexibility index (Phi) is 2.53. The number of hydrogen-bond donors (Lipinski definition) is 0. The Morgan fingerprint density at radius 3 is 2.89 bits per heavy atom. The zero-order valence-corrected chi connectivity index (χ0v) is 10.6. The van der Waals surface area contributed by atoms with Crippen molar-refractivity contribution in [2.75, 3.05) is 0 Å². The van der Waals surface area contributed by atoms with E-state index in [2.05, 4.69) is 21.1 Å². The molecule has 1 aromatic carbocycles. The third kappa shape index (κ3) is 1.67. The molecular weight excluding hydrogens is 240 g/mol. The average molecular weight is 252 g/mol. The summed E-state index contributed by atoms with van der Waals surface area (Å²) in [5, 5.41) is 13.3. The summed E-state index contributed by atoms with van der Waals surface area (Å²) < 4.78 is 3.73. The van der Waals surface area contributed by atoms with Crippen LogP contribution in [-0.4, -0.2) is 24.3 Å². The van der Waals surface area contributed by atoms with E-state index in [4.69, 9.17) is 5.26 Å². The number of nitrogens with zero attached hydrogens (tertiary/aromatic N) is 6. The van der Waals surface area contributed by atoms with Crippen molar-refractivity contribution in [2.45, 2.75) is 13.0 Å². The minimum Gasteiger partial charge on any atom is -0.329 e. The summed E-state index contributed by atoms with van der Waals surface area (Å²) in [4.78, 5) is 8.54. The second-order valence-corrected chi connectivity index (χ2v) is 4.37. The summed E-state index contributed by atoms with van der Waals surface area (Å²) in [7, 11) is 1.94. The molecule has 0 fully saturated rings. The van der Waals surface area contributed by atoms with Crippen LogP contribution in [0, 0.1) is 11.3 Å². The van der Waals surface area contributed by atoms with Gasteiger partial charge in [0.2, 0.25) is 0 Å². The average Bonchev–Trinajstić information content (AvgIpc) is 3.06. The summed E-state index contributed by atoms with van der Waals surface area (Å²) in [6.45, 7) is 2.00. The number of aromatic nitrogens is 5. The van der Waals surface area contributed by atoms with Crippen molar-refractivity contribution in [3.63, 3.8) is 0 Å². The molecule has 0 radical (unpaired) electrons. The van der Waals surface area contributed by atoms with Gasteiger partial charge >= 0.3 is 0 Å². The van der Waals surface area contributed by atoms with Gasteiger partial charge in [-0.05, 0) is 19.1 Å². The molecule has 0 N–H and O–H groups in total. The zero-order chi connectivity index (χ0) is 13.4. The van der Waals surface area contributed by atoms with E-state index in [0.29, 0.717) is 5.56 Å². The predicted molar refractivity (Wildman–Crippen MR) is 69.3 cm³/mol. The van der Waals surface area contributed by atoms with E-state index in [1.165, 1.54) is 6.33 Å². The highest BCUT2D eigenvalue weighted by Crippen LogP contribution is 2.23. The second kappa shape index (κ2) is 4.21. The molecule has 1 unspecified atom stereocenters. The number of hydrogen-bond acceptors (Lipinski definition) is 4. The van der Waals surface area contributed by atoms with Gasteiger partial charge in [0.1, 0.15) is 36.1 Å². The highest BCUT2D eigenvalue weighted by Gasteiger charge is 2.17. The molecule has 6 heteroatoms. The molecular formula is C13H12N6. The van der Waals surface area contributed by atoms with Gasteiger partial charge in [-0.1, -0.05) is 6.07 Å². The molecule has 0 bridgehead atoms. The van der Waals surface area contributed by atoms with Gasteiger partial charge in [0.25, 0.3) is 0 Å². The van der Waals surface area contributed by atoms with E-state index >= 15 is 0 Å². The lowest BCUT2D eigenvalue weighted by Gasteiger charge is -2.11. The molecule has 2 aromatic heterocycles. The van der Waals surface area contributed by atoms with Crippen molar-refractivity contribution >= 4 is 11.0 Å². The number of fused-ring (bicyclic) bond motifs is 1. The number of imidazole rings is 1. The van der Waals surface area contributed by atoms with Crippen LogP contribution in [0.4, 0.5) is 0 Å². The first-order valence-electron chi connectivity index (χ1n) is 5.92. The molecule has 19 heavy (non-hydrogen) atoms. The maximum atomic E-state index is 9.13. The number of rotatable bonds is 2. The van der Waals surface area contributed by atoms with Crippen LogP contribution in [0.5, 0.6) is 0 Å². The van der Waals surface area contributed by atoms with E-state index in [1.54, 1.807) is 17.1 Å². The largest absolute Gasteiger partial charge is 0.329 e. The summed E-state index contributed by atoms with van der Waals surface area (Å²) in [5.74, 6) is 0.850. The van der Waals surface area contributed by atoms with Crippen molar-refractivity contribution in [1.82, 2.24) is 24.3 Å². The molecule has 94 valence electrons. The first-order chi connectivity index (χ1) is 9.22. The Bertz CT molecular complexity index is 762. The van der Waals surface area contributed by atoms with Gasteiger partial charge in [-0.2, -0.15) is 10.4 Å². The number of aryl methyl sites for hydroxylation is 1. The van der Waals surface area contributed by atoms with Crippen LogP contribution in [0.25, 0.3) is 11.0 Å². The molecule has 6 nitrogen and oxygen atoms in total. The van der Waals surface area contributed by atoms with Gasteiger partial charge in [-0.25, -0.2) is 14.6 Å². The number of para-hydroxylation sites is 1. The van der Waals surface area contributed by atoms with E-state index in [1.807, 2.05) is 30.7 Å². The summed E-state index contributed by atoms with van der Waals surface area (Å²) >= 11 is 0. The van der Waals surface area contributed by atoms with Gasteiger partial charge in [-0.3, -0.25) is 0 Å². The Morgan fingerprint density at radius 1 is 1.37 bits per heavy atom. The summed E-state index contributed by atoms with van der Waals surface area (Å²) in [5.41, 5.74) is 2.26.